The van der Waals surface area contributed by atoms with Gasteiger partial charge in [-0.25, -0.2) is 8.78 Å². The van der Waals surface area contributed by atoms with Gasteiger partial charge in [0.25, 0.3) is 5.91 Å². The summed E-state index contributed by atoms with van der Waals surface area (Å²) in [6.45, 7) is 1.35. The minimum absolute atomic E-state index is 0.187. The average molecular weight is 384 g/mol. The molecule has 0 spiro atoms. The Hall–Kier alpha value is -2.71. The second-order valence-electron chi connectivity index (χ2n) is 6.36. The molecule has 2 rings (SSSR count). The maximum absolute atomic E-state index is 14.2. The van der Waals surface area contributed by atoms with Crippen molar-refractivity contribution >= 4 is 17.8 Å². The lowest BCUT2D eigenvalue weighted by molar-refractivity contribution is -0.145. The van der Waals surface area contributed by atoms with Crippen LogP contribution < -0.4 is 4.74 Å². The van der Waals surface area contributed by atoms with Crippen molar-refractivity contribution in [2.45, 2.75) is 32.2 Å². The maximum Gasteiger partial charge on any atom is 0.323 e. The number of ether oxygens (including phenoxy) is 1. The van der Waals surface area contributed by atoms with Gasteiger partial charge in [-0.3, -0.25) is 14.4 Å². The number of rotatable bonds is 5. The van der Waals surface area contributed by atoms with Gasteiger partial charge in [0.2, 0.25) is 5.91 Å². The number of hydrogen-bond acceptors (Lipinski definition) is 4. The second kappa shape index (κ2) is 8.79. The Morgan fingerprint density at radius 2 is 1.89 bits per heavy atom. The van der Waals surface area contributed by atoms with Gasteiger partial charge in [-0.2, -0.15) is 0 Å². The third-order valence-electron chi connectivity index (χ3n) is 4.61. The number of carbonyl (C=O) groups excluding carboxylic acids is 2. The van der Waals surface area contributed by atoms with Crippen LogP contribution in [-0.2, 0) is 9.59 Å². The molecule has 1 N–H and O–H groups in total. The third-order valence-corrected chi connectivity index (χ3v) is 4.61. The van der Waals surface area contributed by atoms with E-state index in [9.17, 15) is 23.2 Å². The van der Waals surface area contributed by atoms with Crippen LogP contribution in [0, 0.1) is 11.6 Å². The first-order valence-corrected chi connectivity index (χ1v) is 8.56. The van der Waals surface area contributed by atoms with Crippen LogP contribution in [0.3, 0.4) is 0 Å². The molecule has 1 aliphatic heterocycles. The number of hydrogen-bond donors (Lipinski definition) is 1. The lowest BCUT2D eigenvalue weighted by Gasteiger charge is -2.29. The average Bonchev–Trinajstić information content (AvgIpc) is 2.86. The zero-order valence-electron chi connectivity index (χ0n) is 15.2. The molecule has 1 unspecified atom stereocenters. The van der Waals surface area contributed by atoms with Crippen molar-refractivity contribution in [3.63, 3.8) is 0 Å². The van der Waals surface area contributed by atoms with E-state index in [1.165, 1.54) is 16.7 Å². The normalized spacial score (nSPS) is 17.2. The lowest BCUT2D eigenvalue weighted by Crippen LogP contribution is -2.43. The van der Waals surface area contributed by atoms with Gasteiger partial charge in [-0.15, -0.1) is 0 Å². The van der Waals surface area contributed by atoms with Crippen molar-refractivity contribution in [2.75, 3.05) is 26.7 Å². The highest BCUT2D eigenvalue weighted by Gasteiger charge is 2.30. The summed E-state index contributed by atoms with van der Waals surface area (Å²) < 4.78 is 32.9. The van der Waals surface area contributed by atoms with Crippen LogP contribution in [0.5, 0.6) is 5.75 Å². The molecule has 1 atom stereocenters. The summed E-state index contributed by atoms with van der Waals surface area (Å²) in [5.41, 5.74) is -0.468. The Morgan fingerprint density at radius 3 is 2.48 bits per heavy atom. The number of carbonyl (C=O) groups is 3. The Labute approximate surface area is 155 Å². The summed E-state index contributed by atoms with van der Waals surface area (Å²) in [5.74, 6) is -4.34. The summed E-state index contributed by atoms with van der Waals surface area (Å²) in [7, 11) is 1.16. The zero-order valence-corrected chi connectivity index (χ0v) is 15.2. The van der Waals surface area contributed by atoms with Crippen LogP contribution in [0.25, 0.3) is 0 Å². The maximum atomic E-state index is 14.2. The highest BCUT2D eigenvalue weighted by atomic mass is 19.1. The summed E-state index contributed by atoms with van der Waals surface area (Å²) >= 11 is 0. The molecular weight excluding hydrogens is 362 g/mol. The Kier molecular flexibility index (Phi) is 6.70. The molecule has 9 heteroatoms. The molecule has 1 aliphatic rings. The monoisotopic (exact) mass is 384 g/mol. The van der Waals surface area contributed by atoms with Gasteiger partial charge in [0.15, 0.2) is 11.6 Å². The van der Waals surface area contributed by atoms with E-state index in [1.807, 2.05) is 0 Å². The number of aliphatic carboxylic acids is 1. The number of carboxylic acids is 1. The van der Waals surface area contributed by atoms with Gasteiger partial charge in [0, 0.05) is 26.1 Å². The highest BCUT2D eigenvalue weighted by molar-refractivity contribution is 5.97. The fourth-order valence-corrected chi connectivity index (χ4v) is 3.33. The van der Waals surface area contributed by atoms with E-state index in [0.29, 0.717) is 19.3 Å². The van der Waals surface area contributed by atoms with Crippen LogP contribution in [0.15, 0.2) is 12.1 Å². The van der Waals surface area contributed by atoms with Crippen LogP contribution >= 0.6 is 0 Å². The van der Waals surface area contributed by atoms with E-state index >= 15 is 0 Å². The largest absolute Gasteiger partial charge is 0.493 e. The lowest BCUT2D eigenvalue weighted by atomic mass is 10.1. The summed E-state index contributed by atoms with van der Waals surface area (Å²) in [6, 6.07) is 1.42. The molecule has 0 radical (unpaired) electrons. The third kappa shape index (κ3) is 4.72. The van der Waals surface area contributed by atoms with Crippen LogP contribution in [0.2, 0.25) is 0 Å². The number of nitrogens with zero attached hydrogens (tertiary/aromatic N) is 2. The van der Waals surface area contributed by atoms with Crippen LogP contribution in [0.1, 0.15) is 36.5 Å². The molecule has 1 heterocycles. The Bertz CT molecular complexity index is 741. The van der Waals surface area contributed by atoms with Gasteiger partial charge < -0.3 is 19.6 Å². The van der Waals surface area contributed by atoms with Crippen molar-refractivity contribution in [2.24, 2.45) is 0 Å². The summed E-state index contributed by atoms with van der Waals surface area (Å²) in [5, 5.41) is 8.99. The summed E-state index contributed by atoms with van der Waals surface area (Å²) in [6.07, 6.45) is 1.36. The number of halogens is 2. The highest BCUT2D eigenvalue weighted by Crippen LogP contribution is 2.28. The van der Waals surface area contributed by atoms with E-state index in [1.54, 1.807) is 0 Å². The standard InChI is InChI=1S/C18H22F2N2O5/c1-11(23)22(10-15(24)25)12-4-3-8-21(9-7-12)18(26)16-13(19)5-6-14(20)17(16)27-2/h5-6,12H,3-4,7-10H2,1-2H3,(H,24,25). The predicted molar refractivity (Wildman–Crippen MR) is 91.5 cm³/mol. The molecule has 0 aromatic heterocycles. The number of benzene rings is 1. The van der Waals surface area contributed by atoms with Crippen molar-refractivity contribution < 1.29 is 33.0 Å². The van der Waals surface area contributed by atoms with E-state index < -0.39 is 41.4 Å². The predicted octanol–water partition coefficient (Wildman–Crippen LogP) is 1.90. The van der Waals surface area contributed by atoms with Crippen LogP contribution in [-0.4, -0.2) is 65.5 Å². The van der Waals surface area contributed by atoms with Gasteiger partial charge in [0.1, 0.15) is 17.9 Å². The van der Waals surface area contributed by atoms with E-state index in [0.717, 1.165) is 19.2 Å². The first-order chi connectivity index (χ1) is 12.8. The topological polar surface area (TPSA) is 87.2 Å². The molecule has 27 heavy (non-hydrogen) atoms. The minimum atomic E-state index is -1.12. The zero-order chi connectivity index (χ0) is 20.1. The molecule has 1 saturated heterocycles. The molecule has 0 saturated carbocycles. The SMILES string of the molecule is COc1c(F)ccc(F)c1C(=O)N1CCCC(N(CC(=O)O)C(C)=O)CC1. The van der Waals surface area contributed by atoms with Crippen molar-refractivity contribution in [3.05, 3.63) is 29.3 Å². The first-order valence-electron chi connectivity index (χ1n) is 8.56. The van der Waals surface area contributed by atoms with Gasteiger partial charge in [0.05, 0.1) is 7.11 Å². The fraction of sp³-hybridized carbons (Fsp3) is 0.500. The van der Waals surface area contributed by atoms with Crippen molar-refractivity contribution in [3.8, 4) is 5.75 Å². The van der Waals surface area contributed by atoms with Crippen molar-refractivity contribution in [1.82, 2.24) is 9.80 Å². The quantitative estimate of drug-likeness (QED) is 0.838. The molecule has 1 aromatic carbocycles. The van der Waals surface area contributed by atoms with Gasteiger partial charge in [-0.1, -0.05) is 0 Å². The molecule has 1 aromatic rings. The number of methoxy groups -OCH3 is 1. The van der Waals surface area contributed by atoms with Gasteiger partial charge >= 0.3 is 5.97 Å². The second-order valence-corrected chi connectivity index (χ2v) is 6.36. The number of amides is 2. The number of likely N-dealkylation sites (tertiary alicyclic amines) is 1. The van der Waals surface area contributed by atoms with E-state index in [2.05, 4.69) is 0 Å². The van der Waals surface area contributed by atoms with E-state index in [-0.39, 0.29) is 25.0 Å². The molecule has 148 valence electrons. The number of carboxylic acid groups (broad SMARTS) is 1. The Balaban J connectivity index is 2.19. The fourth-order valence-electron chi connectivity index (χ4n) is 3.33. The Morgan fingerprint density at radius 1 is 1.22 bits per heavy atom. The summed E-state index contributed by atoms with van der Waals surface area (Å²) in [4.78, 5) is 38.2. The molecular formula is C18H22F2N2O5. The molecule has 0 bridgehead atoms. The molecule has 2 amide bonds. The molecule has 1 fully saturated rings. The first kappa shape index (κ1) is 20.6. The van der Waals surface area contributed by atoms with Crippen LogP contribution in [0.4, 0.5) is 8.78 Å². The minimum Gasteiger partial charge on any atom is -0.493 e. The van der Waals surface area contributed by atoms with E-state index in [4.69, 9.17) is 9.84 Å². The molecule has 0 aliphatic carbocycles. The van der Waals surface area contributed by atoms with Gasteiger partial charge in [-0.05, 0) is 31.4 Å². The molecule has 7 nitrogen and oxygen atoms in total. The smallest absolute Gasteiger partial charge is 0.323 e. The van der Waals surface area contributed by atoms with Crippen molar-refractivity contribution in [1.29, 1.82) is 0 Å².